The van der Waals surface area contributed by atoms with E-state index >= 15 is 0 Å². The molecule has 4 rings (SSSR count). The smallest absolute Gasteiger partial charge is 0.160 e. The molecule has 1 aliphatic heterocycles. The van der Waals surface area contributed by atoms with E-state index in [9.17, 15) is 0 Å². The molecule has 0 amide bonds. The van der Waals surface area contributed by atoms with E-state index in [1.165, 1.54) is 21.6 Å². The zero-order chi connectivity index (χ0) is 19.7. The quantitative estimate of drug-likeness (QED) is 0.822. The third kappa shape index (κ3) is 3.79. The third-order valence-corrected chi connectivity index (χ3v) is 6.24. The molecule has 0 spiro atoms. The van der Waals surface area contributed by atoms with E-state index in [1.54, 1.807) is 6.33 Å². The molecule has 1 aliphatic carbocycles. The first-order chi connectivity index (χ1) is 13.5. The summed E-state index contributed by atoms with van der Waals surface area (Å²) < 4.78 is 0. The monoisotopic (exact) mass is 374 g/mol. The molecule has 4 heteroatoms. The topological polar surface area (TPSA) is 41.4 Å². The van der Waals surface area contributed by atoms with Crippen molar-refractivity contribution in [2.24, 2.45) is 10.9 Å². The molecule has 0 saturated carbocycles. The summed E-state index contributed by atoms with van der Waals surface area (Å²) in [6.07, 6.45) is 7.15. The minimum atomic E-state index is 0.521. The molecule has 0 fully saturated rings. The summed E-state index contributed by atoms with van der Waals surface area (Å²) in [6, 6.07) is 9.16. The van der Waals surface area contributed by atoms with Crippen LogP contribution in [0.1, 0.15) is 58.2 Å². The largest absolute Gasteiger partial charge is 0.290 e. The second-order valence-corrected chi connectivity index (χ2v) is 8.48. The molecule has 28 heavy (non-hydrogen) atoms. The van der Waals surface area contributed by atoms with Crippen molar-refractivity contribution < 1.29 is 0 Å². The fourth-order valence-electron chi connectivity index (χ4n) is 4.15. The third-order valence-electron chi connectivity index (χ3n) is 6.24. The van der Waals surface area contributed by atoms with Crippen molar-refractivity contribution >= 4 is 23.2 Å². The summed E-state index contributed by atoms with van der Waals surface area (Å²) in [7, 11) is 0. The van der Waals surface area contributed by atoms with Crippen LogP contribution >= 0.6 is 0 Å². The highest BCUT2D eigenvalue weighted by atomic mass is 15.2. The molecule has 146 valence electrons. The van der Waals surface area contributed by atoms with Crippen molar-refractivity contribution in [2.75, 3.05) is 0 Å². The minimum absolute atomic E-state index is 0.521. The van der Waals surface area contributed by atoms with Crippen molar-refractivity contribution in [2.45, 2.75) is 66.1 Å². The van der Waals surface area contributed by atoms with Crippen LogP contribution in [0.4, 0.5) is 5.82 Å². The second kappa shape index (κ2) is 7.96. The summed E-state index contributed by atoms with van der Waals surface area (Å²) in [5.74, 6) is 1.47. The predicted octanol–water partition coefficient (Wildman–Crippen LogP) is 3.74. The van der Waals surface area contributed by atoms with Gasteiger partial charge in [0.05, 0.1) is 5.69 Å². The molecular weight excluding hydrogens is 344 g/mol. The van der Waals surface area contributed by atoms with Crippen molar-refractivity contribution in [3.63, 3.8) is 0 Å². The van der Waals surface area contributed by atoms with E-state index < -0.39 is 0 Å². The number of benzene rings is 1. The lowest BCUT2D eigenvalue weighted by Gasteiger charge is -2.26. The van der Waals surface area contributed by atoms with Crippen LogP contribution in [-0.4, -0.2) is 26.6 Å². The van der Waals surface area contributed by atoms with E-state index in [0.717, 1.165) is 49.6 Å². The summed E-state index contributed by atoms with van der Waals surface area (Å²) in [4.78, 5) is 16.6. The van der Waals surface area contributed by atoms with Gasteiger partial charge in [-0.25, -0.2) is 15.0 Å². The number of nitrogens with zero attached hydrogens (tertiary/aromatic N) is 4. The summed E-state index contributed by atoms with van der Waals surface area (Å²) in [6.45, 7) is 10.9. The Bertz CT molecular complexity index is 1020. The SMILES string of the molecule is CC1=c2ccccc2=CC(=Nc2ncnc3c2CN(C(C)C(C)C)C3)CCC1. The summed E-state index contributed by atoms with van der Waals surface area (Å²) in [5, 5.41) is 2.61. The highest BCUT2D eigenvalue weighted by Gasteiger charge is 2.28. The average molecular weight is 375 g/mol. The Morgan fingerprint density at radius 1 is 1.04 bits per heavy atom. The Morgan fingerprint density at radius 2 is 1.86 bits per heavy atom. The Labute approximate surface area is 167 Å². The molecule has 2 aromatic rings. The zero-order valence-corrected chi connectivity index (χ0v) is 17.4. The number of aromatic nitrogens is 2. The molecule has 4 nitrogen and oxygen atoms in total. The molecule has 0 saturated heterocycles. The number of fused-ring (bicyclic) bond motifs is 2. The van der Waals surface area contributed by atoms with Gasteiger partial charge in [0.1, 0.15) is 6.33 Å². The Balaban J connectivity index is 1.73. The van der Waals surface area contributed by atoms with Gasteiger partial charge in [-0.1, -0.05) is 43.7 Å². The predicted molar refractivity (Wildman–Crippen MR) is 116 cm³/mol. The zero-order valence-electron chi connectivity index (χ0n) is 17.4. The van der Waals surface area contributed by atoms with Crippen LogP contribution < -0.4 is 10.4 Å². The van der Waals surface area contributed by atoms with Gasteiger partial charge >= 0.3 is 0 Å². The normalized spacial score (nSPS) is 19.8. The van der Waals surface area contributed by atoms with Crippen LogP contribution in [0.25, 0.3) is 11.6 Å². The highest BCUT2D eigenvalue weighted by molar-refractivity contribution is 6.11. The van der Waals surface area contributed by atoms with Gasteiger partial charge in [-0.2, -0.15) is 0 Å². The van der Waals surface area contributed by atoms with Gasteiger partial charge in [-0.15, -0.1) is 0 Å². The lowest BCUT2D eigenvalue weighted by molar-refractivity contribution is 0.169. The maximum atomic E-state index is 5.03. The standard InChI is InChI=1S/C24H30N4/c1-16(2)18(4)28-13-22-23(14-28)25-15-26-24(22)27-20-10-7-8-17(3)21-11-6-5-9-19(21)12-20/h5-6,9,11-12,15-16,18H,7-8,10,13-14H2,1-4H3. The number of rotatable bonds is 3. The van der Waals surface area contributed by atoms with E-state index in [0.29, 0.717) is 12.0 Å². The fourth-order valence-corrected chi connectivity index (χ4v) is 4.15. The summed E-state index contributed by atoms with van der Waals surface area (Å²) in [5.41, 5.74) is 4.93. The molecule has 0 N–H and O–H groups in total. The van der Waals surface area contributed by atoms with Gasteiger partial charge in [0, 0.05) is 30.4 Å². The minimum Gasteiger partial charge on any atom is -0.290 e. The first kappa shape index (κ1) is 19.0. The molecular formula is C24H30N4. The lowest BCUT2D eigenvalue weighted by atomic mass is 10.00. The average Bonchev–Trinajstić information content (AvgIpc) is 3.11. The van der Waals surface area contributed by atoms with Crippen molar-refractivity contribution in [1.29, 1.82) is 0 Å². The van der Waals surface area contributed by atoms with E-state index in [2.05, 4.69) is 72.9 Å². The Hall–Kier alpha value is -2.33. The van der Waals surface area contributed by atoms with Crippen molar-refractivity contribution in [1.82, 2.24) is 14.9 Å². The molecule has 2 aliphatic rings. The van der Waals surface area contributed by atoms with Crippen LogP contribution in [-0.2, 0) is 13.1 Å². The lowest BCUT2D eigenvalue weighted by Crippen LogP contribution is -2.32. The number of hydrogen-bond acceptors (Lipinski definition) is 4. The van der Waals surface area contributed by atoms with Crippen molar-refractivity contribution in [3.8, 4) is 0 Å². The maximum Gasteiger partial charge on any atom is 0.160 e. The highest BCUT2D eigenvalue weighted by Crippen LogP contribution is 2.31. The van der Waals surface area contributed by atoms with E-state index in [-0.39, 0.29) is 0 Å². The van der Waals surface area contributed by atoms with Crippen LogP contribution in [0, 0.1) is 5.92 Å². The van der Waals surface area contributed by atoms with Gasteiger partial charge in [-0.05, 0) is 55.5 Å². The Kier molecular flexibility index (Phi) is 5.40. The number of aliphatic imine (C=N–C) groups is 1. The molecule has 0 bridgehead atoms. The molecule has 1 aromatic heterocycles. The molecule has 1 aromatic carbocycles. The Morgan fingerprint density at radius 3 is 2.68 bits per heavy atom. The fraction of sp³-hybridized carbons (Fsp3) is 0.458. The van der Waals surface area contributed by atoms with Gasteiger partial charge in [0.15, 0.2) is 5.82 Å². The van der Waals surface area contributed by atoms with E-state index in [1.807, 2.05) is 0 Å². The molecule has 0 radical (unpaired) electrons. The van der Waals surface area contributed by atoms with Crippen LogP contribution in [0.5, 0.6) is 0 Å². The van der Waals surface area contributed by atoms with E-state index in [4.69, 9.17) is 4.99 Å². The van der Waals surface area contributed by atoms with Gasteiger partial charge in [0.25, 0.3) is 0 Å². The van der Waals surface area contributed by atoms with Crippen LogP contribution in [0.3, 0.4) is 0 Å². The molecule has 1 unspecified atom stereocenters. The van der Waals surface area contributed by atoms with Crippen molar-refractivity contribution in [3.05, 3.63) is 52.3 Å². The van der Waals surface area contributed by atoms with Crippen LogP contribution in [0.2, 0.25) is 0 Å². The number of hydrogen-bond donors (Lipinski definition) is 0. The summed E-state index contributed by atoms with van der Waals surface area (Å²) >= 11 is 0. The molecule has 2 heterocycles. The maximum absolute atomic E-state index is 5.03. The van der Waals surface area contributed by atoms with Gasteiger partial charge in [0.2, 0.25) is 0 Å². The first-order valence-electron chi connectivity index (χ1n) is 10.4. The second-order valence-electron chi connectivity index (χ2n) is 8.48. The van der Waals surface area contributed by atoms with Gasteiger partial charge < -0.3 is 0 Å². The van der Waals surface area contributed by atoms with Gasteiger partial charge in [-0.3, -0.25) is 4.90 Å². The first-order valence-corrected chi connectivity index (χ1v) is 10.4. The molecule has 1 atom stereocenters. The van der Waals surface area contributed by atoms with Crippen LogP contribution in [0.15, 0.2) is 35.6 Å².